The van der Waals surface area contributed by atoms with Gasteiger partial charge >= 0.3 is 0 Å². The third kappa shape index (κ3) is 2.73. The summed E-state index contributed by atoms with van der Waals surface area (Å²) in [4.78, 5) is 5.28. The first-order valence-corrected chi connectivity index (χ1v) is 6.49. The first kappa shape index (κ1) is 12.7. The average Bonchev–Trinajstić information content (AvgIpc) is 2.92. The van der Waals surface area contributed by atoms with Gasteiger partial charge < -0.3 is 14.8 Å². The molecule has 0 saturated carbocycles. The molecule has 0 radical (unpaired) electrons. The number of nitrogens with zero attached hydrogens (tertiary/aromatic N) is 1. The molecule has 0 fully saturated rings. The summed E-state index contributed by atoms with van der Waals surface area (Å²) in [5.74, 6) is 1.45. The highest BCUT2D eigenvalue weighted by Gasteiger charge is 2.09. The number of hydrogen-bond donors (Lipinski definition) is 1. The van der Waals surface area contributed by atoms with Crippen molar-refractivity contribution in [1.82, 2.24) is 4.98 Å². The van der Waals surface area contributed by atoms with Crippen LogP contribution < -0.4 is 14.8 Å². The van der Waals surface area contributed by atoms with E-state index in [0.717, 1.165) is 17.2 Å². The van der Waals surface area contributed by atoms with Crippen LogP contribution in [0.15, 0.2) is 29.9 Å². The predicted octanol–water partition coefficient (Wildman–Crippen LogP) is 3.33. The third-order valence-corrected chi connectivity index (χ3v) is 3.60. The Morgan fingerprint density at radius 1 is 1.22 bits per heavy atom. The molecule has 0 aliphatic rings. The van der Waals surface area contributed by atoms with E-state index in [2.05, 4.69) is 17.2 Å². The first-order chi connectivity index (χ1) is 8.74. The molecule has 0 bridgehead atoms. The highest BCUT2D eigenvalue weighted by molar-refractivity contribution is 7.09. The smallest absolute Gasteiger partial charge is 0.162 e. The molecule has 18 heavy (non-hydrogen) atoms. The molecular weight excluding hydrogens is 248 g/mol. The van der Waals surface area contributed by atoms with Crippen molar-refractivity contribution in [2.45, 2.75) is 13.0 Å². The van der Waals surface area contributed by atoms with Gasteiger partial charge in [0.25, 0.3) is 0 Å². The molecule has 1 N–H and O–H groups in total. The Kier molecular flexibility index (Phi) is 4.04. The van der Waals surface area contributed by atoms with Gasteiger partial charge in [-0.05, 0) is 19.1 Å². The highest BCUT2D eigenvalue weighted by atomic mass is 32.1. The van der Waals surface area contributed by atoms with Gasteiger partial charge in [-0.15, -0.1) is 11.3 Å². The number of aromatic nitrogens is 1. The molecule has 1 atom stereocenters. The minimum absolute atomic E-state index is 0.218. The molecule has 1 unspecified atom stereocenters. The van der Waals surface area contributed by atoms with E-state index in [1.165, 1.54) is 4.88 Å². The Balaban J connectivity index is 2.14. The van der Waals surface area contributed by atoms with Gasteiger partial charge in [-0.1, -0.05) is 0 Å². The van der Waals surface area contributed by atoms with Gasteiger partial charge in [0, 0.05) is 22.8 Å². The molecule has 1 heterocycles. The fourth-order valence-corrected chi connectivity index (χ4v) is 2.31. The molecule has 0 aliphatic carbocycles. The second kappa shape index (κ2) is 5.73. The van der Waals surface area contributed by atoms with Crippen molar-refractivity contribution in [2.75, 3.05) is 19.5 Å². The van der Waals surface area contributed by atoms with Crippen LogP contribution in [-0.4, -0.2) is 19.2 Å². The zero-order valence-electron chi connectivity index (χ0n) is 10.6. The number of hydrogen-bond acceptors (Lipinski definition) is 5. The number of rotatable bonds is 5. The van der Waals surface area contributed by atoms with Crippen LogP contribution >= 0.6 is 11.3 Å². The number of ether oxygens (including phenoxy) is 2. The largest absolute Gasteiger partial charge is 0.493 e. The monoisotopic (exact) mass is 264 g/mol. The molecule has 96 valence electrons. The Morgan fingerprint density at radius 3 is 2.61 bits per heavy atom. The van der Waals surface area contributed by atoms with Crippen LogP contribution in [0.5, 0.6) is 11.5 Å². The summed E-state index contributed by atoms with van der Waals surface area (Å²) in [6, 6.07) is 6.01. The molecule has 5 heteroatoms. The highest BCUT2D eigenvalue weighted by Crippen LogP contribution is 2.31. The van der Waals surface area contributed by atoms with Crippen molar-refractivity contribution in [3.8, 4) is 11.5 Å². The molecule has 0 amide bonds. The van der Waals surface area contributed by atoms with Gasteiger partial charge in [0.1, 0.15) is 0 Å². The van der Waals surface area contributed by atoms with Crippen LogP contribution in [0.1, 0.15) is 17.8 Å². The average molecular weight is 264 g/mol. The lowest BCUT2D eigenvalue weighted by Gasteiger charge is -2.15. The van der Waals surface area contributed by atoms with Crippen molar-refractivity contribution < 1.29 is 9.47 Å². The Bertz CT molecular complexity index is 500. The number of anilines is 1. The van der Waals surface area contributed by atoms with Crippen molar-refractivity contribution >= 4 is 17.0 Å². The predicted molar refractivity (Wildman–Crippen MR) is 73.7 cm³/mol. The van der Waals surface area contributed by atoms with Gasteiger partial charge in [-0.3, -0.25) is 4.98 Å². The fraction of sp³-hybridized carbons (Fsp3) is 0.308. The van der Waals surface area contributed by atoms with Crippen LogP contribution in [0.2, 0.25) is 0 Å². The van der Waals surface area contributed by atoms with Crippen LogP contribution in [0, 0.1) is 0 Å². The van der Waals surface area contributed by atoms with Gasteiger partial charge in [-0.25, -0.2) is 0 Å². The fourth-order valence-electron chi connectivity index (χ4n) is 1.69. The molecule has 2 aromatic rings. The summed E-state index contributed by atoms with van der Waals surface area (Å²) in [5.41, 5.74) is 2.83. The van der Waals surface area contributed by atoms with Gasteiger partial charge in [0.15, 0.2) is 11.5 Å². The van der Waals surface area contributed by atoms with Crippen molar-refractivity contribution in [3.63, 3.8) is 0 Å². The van der Waals surface area contributed by atoms with Gasteiger partial charge in [0.05, 0.1) is 25.8 Å². The van der Waals surface area contributed by atoms with Crippen LogP contribution in [0.4, 0.5) is 5.69 Å². The van der Waals surface area contributed by atoms with Crippen LogP contribution in [-0.2, 0) is 0 Å². The summed E-state index contributed by atoms with van der Waals surface area (Å²) in [6.45, 7) is 2.10. The van der Waals surface area contributed by atoms with E-state index in [-0.39, 0.29) is 6.04 Å². The lowest BCUT2D eigenvalue weighted by Crippen LogP contribution is -2.05. The molecule has 0 spiro atoms. The summed E-state index contributed by atoms with van der Waals surface area (Å²) < 4.78 is 10.5. The maximum atomic E-state index is 5.27. The molecule has 0 saturated heterocycles. The minimum atomic E-state index is 0.218. The van der Waals surface area contributed by atoms with E-state index in [1.807, 2.05) is 29.9 Å². The molecule has 0 aliphatic heterocycles. The lowest BCUT2D eigenvalue weighted by molar-refractivity contribution is 0.355. The summed E-state index contributed by atoms with van der Waals surface area (Å²) in [7, 11) is 3.26. The van der Waals surface area contributed by atoms with E-state index in [9.17, 15) is 0 Å². The zero-order chi connectivity index (χ0) is 13.0. The Hall–Kier alpha value is -1.75. The molecule has 1 aromatic carbocycles. The number of nitrogens with one attached hydrogen (secondary N) is 1. The molecular formula is C13H16N2O2S. The van der Waals surface area contributed by atoms with Gasteiger partial charge in [-0.2, -0.15) is 0 Å². The summed E-state index contributed by atoms with van der Waals surface area (Å²) in [6.07, 6.45) is 1.88. The second-order valence-corrected chi connectivity index (χ2v) is 4.76. The summed E-state index contributed by atoms with van der Waals surface area (Å²) in [5, 5.41) is 3.41. The number of benzene rings is 1. The lowest BCUT2D eigenvalue weighted by atomic mass is 10.2. The van der Waals surface area contributed by atoms with E-state index >= 15 is 0 Å². The quantitative estimate of drug-likeness (QED) is 0.899. The molecule has 1 aromatic heterocycles. The number of thiazole rings is 1. The molecule has 4 nitrogen and oxygen atoms in total. The van der Waals surface area contributed by atoms with E-state index in [1.54, 1.807) is 25.6 Å². The zero-order valence-corrected chi connectivity index (χ0v) is 11.5. The van der Waals surface area contributed by atoms with Gasteiger partial charge in [0.2, 0.25) is 0 Å². The topological polar surface area (TPSA) is 43.4 Å². The van der Waals surface area contributed by atoms with E-state index in [4.69, 9.17) is 9.47 Å². The Labute approximate surface area is 111 Å². The van der Waals surface area contributed by atoms with Crippen molar-refractivity contribution in [1.29, 1.82) is 0 Å². The minimum Gasteiger partial charge on any atom is -0.493 e. The van der Waals surface area contributed by atoms with Crippen molar-refractivity contribution in [2.24, 2.45) is 0 Å². The van der Waals surface area contributed by atoms with Crippen molar-refractivity contribution in [3.05, 3.63) is 34.8 Å². The number of methoxy groups -OCH3 is 2. The van der Waals surface area contributed by atoms with E-state index in [0.29, 0.717) is 0 Å². The SMILES string of the molecule is COc1ccc(NC(C)c2cncs2)cc1OC. The Morgan fingerprint density at radius 2 is 2.00 bits per heavy atom. The molecule has 2 rings (SSSR count). The first-order valence-electron chi connectivity index (χ1n) is 5.61. The standard InChI is InChI=1S/C13H16N2O2S/c1-9(13-7-14-8-18-13)15-10-4-5-11(16-2)12(6-10)17-3/h4-9,15H,1-3H3. The third-order valence-electron chi connectivity index (χ3n) is 2.64. The van der Waals surface area contributed by atoms with Crippen LogP contribution in [0.3, 0.4) is 0 Å². The maximum absolute atomic E-state index is 5.27. The maximum Gasteiger partial charge on any atom is 0.162 e. The van der Waals surface area contributed by atoms with E-state index < -0.39 is 0 Å². The second-order valence-electron chi connectivity index (χ2n) is 3.84. The van der Waals surface area contributed by atoms with Crippen LogP contribution in [0.25, 0.3) is 0 Å². The summed E-state index contributed by atoms with van der Waals surface area (Å²) >= 11 is 1.64. The normalized spacial score (nSPS) is 11.9.